The van der Waals surface area contributed by atoms with Crippen LogP contribution in [0.2, 0.25) is 0 Å². The number of benzene rings is 2. The van der Waals surface area contributed by atoms with Gasteiger partial charge in [0.05, 0.1) is 6.54 Å². The number of halogens is 2. The van der Waals surface area contributed by atoms with Gasteiger partial charge in [-0.25, -0.2) is 8.78 Å². The van der Waals surface area contributed by atoms with Crippen molar-refractivity contribution in [1.82, 2.24) is 9.80 Å². The fraction of sp³-hybridized carbons (Fsp3) is 0.304. The van der Waals surface area contributed by atoms with E-state index in [0.717, 1.165) is 42.5 Å². The smallest absolute Gasteiger partial charge is 0.168 e. The van der Waals surface area contributed by atoms with Crippen LogP contribution in [0, 0.1) is 11.6 Å². The summed E-state index contributed by atoms with van der Waals surface area (Å²) in [6.07, 6.45) is 8.65. The summed E-state index contributed by atoms with van der Waals surface area (Å²) in [5.74, 6) is -0.841. The minimum absolute atomic E-state index is 0.00302. The van der Waals surface area contributed by atoms with E-state index < -0.39 is 11.6 Å². The number of likely N-dealkylation sites (N-methyl/N-ethyl adjacent to an activating group) is 1. The van der Waals surface area contributed by atoms with Crippen molar-refractivity contribution in [2.75, 3.05) is 37.7 Å². The van der Waals surface area contributed by atoms with Gasteiger partial charge in [0.1, 0.15) is 11.6 Å². The summed E-state index contributed by atoms with van der Waals surface area (Å²) < 4.78 is 36.7. The van der Waals surface area contributed by atoms with Crippen LogP contribution >= 0.6 is 11.9 Å². The molecule has 1 N–H and O–H groups in total. The second-order valence-electron chi connectivity index (χ2n) is 7.52. The highest BCUT2D eigenvalue weighted by atomic mass is 32.2. The summed E-state index contributed by atoms with van der Waals surface area (Å²) in [6, 6.07) is 9.04. The zero-order valence-corrected chi connectivity index (χ0v) is 17.9. The van der Waals surface area contributed by atoms with Crippen LogP contribution in [0.25, 0.3) is 5.57 Å². The molecule has 1 fully saturated rings. The lowest BCUT2D eigenvalue weighted by Gasteiger charge is -2.30. The predicted molar refractivity (Wildman–Crippen MR) is 120 cm³/mol. The fourth-order valence-electron chi connectivity index (χ4n) is 3.85. The SMILES string of the molecule is CSNc1ccc(Oc2ccc(F)cc2F)c(C2=CN(C)CC(N3CCCC3)=C2)c1. The molecule has 0 amide bonds. The van der Waals surface area contributed by atoms with Gasteiger partial charge in [0.2, 0.25) is 0 Å². The van der Waals surface area contributed by atoms with Gasteiger partial charge in [-0.1, -0.05) is 11.9 Å². The first-order valence-electron chi connectivity index (χ1n) is 9.97. The van der Waals surface area contributed by atoms with Crippen LogP contribution in [0.5, 0.6) is 11.5 Å². The van der Waals surface area contributed by atoms with Crippen LogP contribution in [-0.2, 0) is 0 Å². The minimum Gasteiger partial charge on any atom is -0.454 e. The number of rotatable bonds is 6. The summed E-state index contributed by atoms with van der Waals surface area (Å²) in [4.78, 5) is 4.58. The molecule has 0 spiro atoms. The van der Waals surface area contributed by atoms with E-state index >= 15 is 0 Å². The van der Waals surface area contributed by atoms with Crippen LogP contribution in [-0.4, -0.2) is 42.7 Å². The number of hydrogen-bond acceptors (Lipinski definition) is 5. The highest BCUT2D eigenvalue weighted by molar-refractivity contribution is 7.99. The Morgan fingerprint density at radius 1 is 1.03 bits per heavy atom. The highest BCUT2D eigenvalue weighted by Crippen LogP contribution is 2.37. The van der Waals surface area contributed by atoms with Gasteiger partial charge in [-0.2, -0.15) is 0 Å². The Hall–Kier alpha value is -2.67. The average molecular weight is 430 g/mol. The second-order valence-corrected chi connectivity index (χ2v) is 8.14. The first-order valence-corrected chi connectivity index (χ1v) is 11.2. The Balaban J connectivity index is 1.73. The van der Waals surface area contributed by atoms with E-state index in [9.17, 15) is 8.78 Å². The first kappa shape index (κ1) is 20.6. The number of ether oxygens (including phenoxy) is 1. The standard InChI is InChI=1S/C23H25F2N3OS/c1-27-14-16(11-19(15-27)28-9-3-4-10-28)20-13-18(26-30-2)6-8-22(20)29-23-7-5-17(24)12-21(23)25/h5-8,11-14,26H,3-4,9-10,15H2,1-2H3. The normalized spacial score (nSPS) is 16.4. The van der Waals surface area contributed by atoms with E-state index in [4.69, 9.17) is 4.74 Å². The molecule has 2 aromatic rings. The van der Waals surface area contributed by atoms with E-state index in [1.807, 2.05) is 31.5 Å². The topological polar surface area (TPSA) is 27.7 Å². The van der Waals surface area contributed by atoms with E-state index in [1.165, 1.54) is 42.6 Å². The van der Waals surface area contributed by atoms with Crippen molar-refractivity contribution >= 4 is 23.2 Å². The van der Waals surface area contributed by atoms with Crippen LogP contribution in [0.15, 0.2) is 54.4 Å². The quantitative estimate of drug-likeness (QED) is 0.594. The minimum atomic E-state index is -0.727. The lowest BCUT2D eigenvalue weighted by Crippen LogP contribution is -2.29. The van der Waals surface area contributed by atoms with Crippen molar-refractivity contribution in [3.63, 3.8) is 0 Å². The van der Waals surface area contributed by atoms with Gasteiger partial charge in [-0.3, -0.25) is 0 Å². The number of allylic oxidation sites excluding steroid dienone is 2. The van der Waals surface area contributed by atoms with Crippen LogP contribution in [0.3, 0.4) is 0 Å². The Bertz CT molecular complexity index is 986. The molecule has 0 aromatic heterocycles. The summed E-state index contributed by atoms with van der Waals surface area (Å²) in [6.45, 7) is 3.01. The molecule has 4 rings (SSSR count). The molecule has 0 aliphatic carbocycles. The monoisotopic (exact) mass is 429 g/mol. The van der Waals surface area contributed by atoms with Gasteiger partial charge in [-0.05, 0) is 49.2 Å². The van der Waals surface area contributed by atoms with E-state index in [0.29, 0.717) is 5.75 Å². The van der Waals surface area contributed by atoms with Gasteiger partial charge in [0.15, 0.2) is 11.6 Å². The molecule has 0 atom stereocenters. The summed E-state index contributed by atoms with van der Waals surface area (Å²) in [5, 5.41) is 0. The van der Waals surface area contributed by atoms with Gasteiger partial charge >= 0.3 is 0 Å². The molecule has 2 aromatic carbocycles. The molecule has 2 heterocycles. The Labute approximate surface area is 180 Å². The Morgan fingerprint density at radius 3 is 2.53 bits per heavy atom. The Kier molecular flexibility index (Phi) is 6.18. The maximum atomic E-state index is 14.2. The van der Waals surface area contributed by atoms with Crippen LogP contribution in [0.4, 0.5) is 14.5 Å². The molecule has 2 aliphatic heterocycles. The van der Waals surface area contributed by atoms with Gasteiger partial charge in [-0.15, -0.1) is 0 Å². The number of anilines is 1. The molecule has 0 saturated carbocycles. The molecule has 4 nitrogen and oxygen atoms in total. The number of hydrogen-bond donors (Lipinski definition) is 1. The van der Waals surface area contributed by atoms with Gasteiger partial charge in [0, 0.05) is 61.2 Å². The molecule has 0 bridgehead atoms. The molecular weight excluding hydrogens is 404 g/mol. The number of nitrogens with one attached hydrogen (secondary N) is 1. The second kappa shape index (κ2) is 9.00. The molecular formula is C23H25F2N3OS. The fourth-order valence-corrected chi connectivity index (χ4v) is 4.21. The molecule has 2 aliphatic rings. The third kappa shape index (κ3) is 4.56. The van der Waals surface area contributed by atoms with Crippen molar-refractivity contribution in [2.24, 2.45) is 0 Å². The van der Waals surface area contributed by atoms with Crippen LogP contribution < -0.4 is 9.46 Å². The summed E-state index contributed by atoms with van der Waals surface area (Å²) in [7, 11) is 2.05. The predicted octanol–water partition coefficient (Wildman–Crippen LogP) is 5.71. The van der Waals surface area contributed by atoms with Crippen molar-refractivity contribution in [3.05, 3.63) is 71.6 Å². The van der Waals surface area contributed by atoms with E-state index in [1.54, 1.807) is 0 Å². The molecule has 158 valence electrons. The molecule has 0 radical (unpaired) electrons. The maximum Gasteiger partial charge on any atom is 0.168 e. The Morgan fingerprint density at radius 2 is 1.80 bits per heavy atom. The van der Waals surface area contributed by atoms with Gasteiger partial charge < -0.3 is 19.3 Å². The van der Waals surface area contributed by atoms with Crippen LogP contribution in [0.1, 0.15) is 18.4 Å². The molecule has 30 heavy (non-hydrogen) atoms. The third-order valence-corrected chi connectivity index (χ3v) is 5.67. The lowest BCUT2D eigenvalue weighted by atomic mass is 10.0. The zero-order chi connectivity index (χ0) is 21.1. The highest BCUT2D eigenvalue weighted by Gasteiger charge is 2.21. The maximum absolute atomic E-state index is 14.2. The number of nitrogens with zero attached hydrogens (tertiary/aromatic N) is 2. The lowest BCUT2D eigenvalue weighted by molar-refractivity contribution is 0.362. The first-order chi connectivity index (χ1) is 14.5. The summed E-state index contributed by atoms with van der Waals surface area (Å²) >= 11 is 1.50. The van der Waals surface area contributed by atoms with Crippen molar-refractivity contribution in [2.45, 2.75) is 12.8 Å². The van der Waals surface area contributed by atoms with E-state index in [-0.39, 0.29) is 5.75 Å². The summed E-state index contributed by atoms with van der Waals surface area (Å²) in [5.41, 5.74) is 4.04. The van der Waals surface area contributed by atoms with Crippen molar-refractivity contribution in [1.29, 1.82) is 0 Å². The largest absolute Gasteiger partial charge is 0.454 e. The molecule has 1 saturated heterocycles. The van der Waals surface area contributed by atoms with Gasteiger partial charge in [0.25, 0.3) is 0 Å². The van der Waals surface area contributed by atoms with Crippen molar-refractivity contribution in [3.8, 4) is 11.5 Å². The number of likely N-dealkylation sites (tertiary alicyclic amines) is 1. The molecule has 0 unspecified atom stereocenters. The molecule has 7 heteroatoms. The van der Waals surface area contributed by atoms with Crippen molar-refractivity contribution < 1.29 is 13.5 Å². The van der Waals surface area contributed by atoms with E-state index in [2.05, 4.69) is 26.8 Å². The zero-order valence-electron chi connectivity index (χ0n) is 17.1. The average Bonchev–Trinajstić information content (AvgIpc) is 3.26. The third-order valence-electron chi connectivity index (χ3n) is 5.23.